The van der Waals surface area contributed by atoms with E-state index in [4.69, 9.17) is 18.9 Å². The summed E-state index contributed by atoms with van der Waals surface area (Å²) in [6, 6.07) is 18.4. The van der Waals surface area contributed by atoms with Gasteiger partial charge in [0.1, 0.15) is 37.1 Å². The van der Waals surface area contributed by atoms with E-state index >= 15 is 0 Å². The van der Waals surface area contributed by atoms with E-state index in [1.807, 2.05) is 56.3 Å². The second-order valence-corrected chi connectivity index (χ2v) is 15.1. The Kier molecular flexibility index (Phi) is 17.0. The molecule has 54 heavy (non-hydrogen) atoms. The van der Waals surface area contributed by atoms with Gasteiger partial charge < -0.3 is 44.3 Å². The molecular formula is C37H47F3N2O10S2. The molecule has 0 radical (unpaired) electrons. The number of fused-ring (bicyclic) bond motifs is 1. The fourth-order valence-electron chi connectivity index (χ4n) is 5.92. The fourth-order valence-corrected chi connectivity index (χ4v) is 7.34. The molecule has 0 saturated carbocycles. The highest BCUT2D eigenvalue weighted by molar-refractivity contribution is 8.76. The molecule has 0 unspecified atom stereocenters. The molecule has 1 fully saturated rings. The number of aliphatic hydroxyl groups is 4. The first-order valence-electron chi connectivity index (χ1n) is 17.5. The van der Waals surface area contributed by atoms with Crippen LogP contribution < -0.4 is 0 Å². The highest BCUT2D eigenvalue weighted by Crippen LogP contribution is 2.32. The van der Waals surface area contributed by atoms with E-state index in [-0.39, 0.29) is 32.4 Å². The average Bonchev–Trinajstić information content (AvgIpc) is 3.16. The summed E-state index contributed by atoms with van der Waals surface area (Å²) in [6.07, 6.45) is -12.4. The third-order valence-corrected chi connectivity index (χ3v) is 10.8. The van der Waals surface area contributed by atoms with Crippen molar-refractivity contribution in [3.63, 3.8) is 0 Å². The molecule has 1 saturated heterocycles. The Morgan fingerprint density at radius 2 is 1.69 bits per heavy atom. The van der Waals surface area contributed by atoms with E-state index in [2.05, 4.69) is 0 Å². The number of halogens is 3. The number of aryl methyl sites for hydroxylation is 1. The van der Waals surface area contributed by atoms with E-state index in [0.717, 1.165) is 28.5 Å². The summed E-state index contributed by atoms with van der Waals surface area (Å²) in [4.78, 5) is 29.1. The molecule has 0 spiro atoms. The zero-order chi connectivity index (χ0) is 39.3. The first-order valence-corrected chi connectivity index (χ1v) is 20.0. The van der Waals surface area contributed by atoms with E-state index in [9.17, 15) is 43.2 Å². The number of benzene rings is 3. The molecule has 2 amide bonds. The Morgan fingerprint density at radius 1 is 0.944 bits per heavy atom. The molecule has 0 bridgehead atoms. The molecule has 1 aliphatic rings. The first kappa shape index (κ1) is 43.4. The molecule has 17 heteroatoms. The van der Waals surface area contributed by atoms with Crippen LogP contribution in [0.5, 0.6) is 0 Å². The number of ether oxygens (including phenoxy) is 4. The number of alkyl halides is 3. The monoisotopic (exact) mass is 800 g/mol. The Balaban J connectivity index is 1.25. The Bertz CT molecular complexity index is 1630. The summed E-state index contributed by atoms with van der Waals surface area (Å²) in [5, 5.41) is 41.4. The van der Waals surface area contributed by atoms with Crippen LogP contribution in [0, 0.1) is 0 Å². The first-order chi connectivity index (χ1) is 25.8. The number of nitrogens with zero attached hydrogens (tertiary/aromatic N) is 2. The number of aliphatic hydroxyl groups excluding tert-OH is 4. The molecule has 3 aromatic carbocycles. The number of amides is 2. The minimum atomic E-state index is -4.44. The minimum Gasteiger partial charge on any atom is -0.437 e. The van der Waals surface area contributed by atoms with Gasteiger partial charge >= 0.3 is 18.4 Å². The van der Waals surface area contributed by atoms with Gasteiger partial charge in [-0.25, -0.2) is 9.59 Å². The largest absolute Gasteiger partial charge is 0.437 e. The van der Waals surface area contributed by atoms with Crippen LogP contribution in [0.15, 0.2) is 66.7 Å². The van der Waals surface area contributed by atoms with Crippen molar-refractivity contribution in [2.45, 2.75) is 76.0 Å². The summed E-state index contributed by atoms with van der Waals surface area (Å²) in [5.41, 5.74) is 0.721. The van der Waals surface area contributed by atoms with E-state index in [1.54, 1.807) is 11.0 Å². The Hall–Kier alpha value is -3.29. The van der Waals surface area contributed by atoms with Gasteiger partial charge in [-0.1, -0.05) is 89.2 Å². The van der Waals surface area contributed by atoms with Crippen molar-refractivity contribution in [1.29, 1.82) is 0 Å². The lowest BCUT2D eigenvalue weighted by atomic mass is 9.98. The van der Waals surface area contributed by atoms with E-state index < -0.39 is 67.3 Å². The summed E-state index contributed by atoms with van der Waals surface area (Å²) in [6.45, 7) is 3.64. The van der Waals surface area contributed by atoms with Crippen LogP contribution in [0.25, 0.3) is 10.8 Å². The van der Waals surface area contributed by atoms with Gasteiger partial charge in [0, 0.05) is 18.8 Å². The molecule has 4 rings (SSSR count). The van der Waals surface area contributed by atoms with Gasteiger partial charge in [-0.2, -0.15) is 13.2 Å². The predicted octanol–water partition coefficient (Wildman–Crippen LogP) is 5.95. The van der Waals surface area contributed by atoms with Crippen molar-refractivity contribution in [3.05, 3.63) is 83.4 Å². The van der Waals surface area contributed by atoms with Crippen molar-refractivity contribution in [2.24, 2.45) is 0 Å². The van der Waals surface area contributed by atoms with Crippen LogP contribution in [-0.2, 0) is 31.5 Å². The molecule has 1 aliphatic heterocycles. The van der Waals surface area contributed by atoms with Crippen LogP contribution in [0.3, 0.4) is 0 Å². The van der Waals surface area contributed by atoms with Gasteiger partial charge in [0.25, 0.3) is 0 Å². The molecule has 6 atom stereocenters. The average molecular weight is 801 g/mol. The lowest BCUT2D eigenvalue weighted by molar-refractivity contribution is -0.287. The van der Waals surface area contributed by atoms with Gasteiger partial charge in [-0.3, -0.25) is 4.90 Å². The molecule has 3 aromatic rings. The van der Waals surface area contributed by atoms with Crippen molar-refractivity contribution >= 4 is 44.5 Å². The quantitative estimate of drug-likeness (QED) is 0.0682. The van der Waals surface area contributed by atoms with Crippen molar-refractivity contribution in [3.8, 4) is 0 Å². The number of carbonyl (C=O) groups excluding carboxylic acids is 2. The molecule has 4 N–H and O–H groups in total. The highest BCUT2D eigenvalue weighted by Gasteiger charge is 2.45. The molecule has 298 valence electrons. The van der Waals surface area contributed by atoms with Crippen molar-refractivity contribution in [1.82, 2.24) is 9.80 Å². The van der Waals surface area contributed by atoms with Crippen LogP contribution in [0.2, 0.25) is 0 Å². The van der Waals surface area contributed by atoms with Crippen molar-refractivity contribution in [2.75, 3.05) is 44.7 Å². The number of rotatable bonds is 18. The van der Waals surface area contributed by atoms with E-state index in [1.165, 1.54) is 32.6 Å². The zero-order valence-electron chi connectivity index (χ0n) is 30.0. The van der Waals surface area contributed by atoms with Crippen LogP contribution in [-0.4, -0.2) is 118 Å². The predicted molar refractivity (Wildman–Crippen MR) is 198 cm³/mol. The van der Waals surface area contributed by atoms with E-state index in [0.29, 0.717) is 30.6 Å². The lowest BCUT2D eigenvalue weighted by Crippen LogP contribution is -2.60. The van der Waals surface area contributed by atoms with Crippen LogP contribution >= 0.6 is 21.6 Å². The third-order valence-electron chi connectivity index (χ3n) is 8.78. The molecular weight excluding hydrogens is 754 g/mol. The Labute approximate surface area is 319 Å². The maximum Gasteiger partial charge on any atom is 0.416 e. The van der Waals surface area contributed by atoms with Gasteiger partial charge in [0.05, 0.1) is 24.8 Å². The van der Waals surface area contributed by atoms with Gasteiger partial charge in [-0.05, 0) is 54.2 Å². The second kappa shape index (κ2) is 21.1. The molecule has 12 nitrogen and oxygen atoms in total. The highest BCUT2D eigenvalue weighted by atomic mass is 33.1. The second-order valence-electron chi connectivity index (χ2n) is 12.6. The SMILES string of the molecule is CCCN(COCCSSCOC(=O)N(CCCc1cccc(C(F)(F)F)c1)[C@H](C)c1cccc2ccccc12)C(=O)O[C@@H]1O[C@H](CO)[C@H](O)[C@H](O)[C@H]1O. The maximum absolute atomic E-state index is 13.5. The van der Waals surface area contributed by atoms with Crippen LogP contribution in [0.1, 0.15) is 49.4 Å². The minimum absolute atomic E-state index is 0.0171. The number of hydrogen-bond donors (Lipinski definition) is 4. The topological polar surface area (TPSA) is 158 Å². The summed E-state index contributed by atoms with van der Waals surface area (Å²) < 4.78 is 61.5. The summed E-state index contributed by atoms with van der Waals surface area (Å²) in [7, 11) is 2.66. The fraction of sp³-hybridized carbons (Fsp3) is 0.514. The van der Waals surface area contributed by atoms with Gasteiger partial charge in [0.2, 0.25) is 6.29 Å². The number of hydrogen-bond acceptors (Lipinski definition) is 12. The third kappa shape index (κ3) is 12.1. The van der Waals surface area contributed by atoms with Crippen molar-refractivity contribution < 1.29 is 62.1 Å². The van der Waals surface area contributed by atoms with Gasteiger partial charge in [-0.15, -0.1) is 0 Å². The lowest BCUT2D eigenvalue weighted by Gasteiger charge is -2.39. The molecule has 0 aliphatic carbocycles. The normalized spacial score (nSPS) is 20.7. The molecule has 0 aromatic heterocycles. The smallest absolute Gasteiger partial charge is 0.416 e. The molecule has 1 heterocycles. The summed E-state index contributed by atoms with van der Waals surface area (Å²) >= 11 is 0. The standard InChI is InChI=1S/C37H47F3N2O10S2/c1-3-16-41(35(47)52-34-33(46)32(45)31(44)30(21-43)51-34)22-49-18-19-53-54-23-50-36(48)42(17-8-10-25-9-6-13-27(20-25)37(38,39)40)24(2)28-15-7-12-26-11-4-5-14-29(26)28/h4-7,9,11-15,20,24,30-34,43-46H,3,8,10,16-19,21-23H2,1-2H3/t24-,30-,31+,32+,33-,34+/m1/s1. The summed E-state index contributed by atoms with van der Waals surface area (Å²) in [5.74, 6) is 0.486. The Morgan fingerprint density at radius 3 is 2.43 bits per heavy atom. The van der Waals surface area contributed by atoms with Crippen LogP contribution in [0.4, 0.5) is 22.8 Å². The van der Waals surface area contributed by atoms with Gasteiger partial charge in [0.15, 0.2) is 0 Å². The zero-order valence-corrected chi connectivity index (χ0v) is 31.6. The maximum atomic E-state index is 13.5. The number of carbonyl (C=O) groups is 2.